The Morgan fingerprint density at radius 1 is 1.41 bits per heavy atom. The average molecular weight is 249 g/mol. The molecule has 0 aliphatic heterocycles. The van der Waals surface area contributed by atoms with Crippen molar-refractivity contribution >= 4 is 22.9 Å². The van der Waals surface area contributed by atoms with Crippen molar-refractivity contribution in [1.29, 1.82) is 0 Å². The summed E-state index contributed by atoms with van der Waals surface area (Å²) < 4.78 is 13.5. The third-order valence-electron chi connectivity index (χ3n) is 2.31. The van der Waals surface area contributed by atoms with Crippen LogP contribution in [0.5, 0.6) is 0 Å². The molecule has 0 saturated carbocycles. The molecule has 0 unspecified atom stereocenters. The molecule has 0 aliphatic rings. The Morgan fingerprint density at radius 2 is 2.24 bits per heavy atom. The highest BCUT2D eigenvalue weighted by molar-refractivity contribution is 7.10. The topological polar surface area (TPSA) is 29.1 Å². The number of carbonyl (C=O) groups excluding carboxylic acids is 1. The summed E-state index contributed by atoms with van der Waals surface area (Å²) in [6, 6.07) is 8.52. The normalized spacial score (nSPS) is 10.2. The first-order valence-electron chi connectivity index (χ1n) is 5.23. The van der Waals surface area contributed by atoms with Crippen LogP contribution in [0.2, 0.25) is 0 Å². The van der Waals surface area contributed by atoms with E-state index in [0.717, 1.165) is 10.4 Å². The molecule has 2 nitrogen and oxygen atoms in total. The van der Waals surface area contributed by atoms with E-state index in [-0.39, 0.29) is 18.0 Å². The molecule has 1 N–H and O–H groups in total. The van der Waals surface area contributed by atoms with Gasteiger partial charge in [-0.3, -0.25) is 4.79 Å². The molecule has 1 amide bonds. The number of benzene rings is 1. The Balaban J connectivity index is 2.03. The predicted octanol–water partition coefficient (Wildman–Crippen LogP) is 3.38. The second kappa shape index (κ2) is 5.10. The second-order valence-electron chi connectivity index (χ2n) is 3.79. The molecule has 0 bridgehead atoms. The lowest BCUT2D eigenvalue weighted by molar-refractivity contribution is -0.115. The maximum Gasteiger partial charge on any atom is 0.229 e. The molecule has 0 aliphatic carbocycles. The summed E-state index contributed by atoms with van der Waals surface area (Å²) in [6.45, 7) is 1.81. The zero-order valence-corrected chi connectivity index (χ0v) is 10.2. The lowest BCUT2D eigenvalue weighted by Gasteiger charge is -2.06. The van der Waals surface area contributed by atoms with Gasteiger partial charge in [0.15, 0.2) is 0 Å². The minimum atomic E-state index is -0.399. The molecule has 4 heteroatoms. The summed E-state index contributed by atoms with van der Waals surface area (Å²) in [5.74, 6) is -0.597. The zero-order chi connectivity index (χ0) is 12.3. The Bertz CT molecular complexity index is 522. The standard InChI is InChI=1S/C13H12FNOS/c1-9-4-5-12(11(14)7-9)15-13(16)8-10-3-2-6-17-10/h2-7H,8H2,1H3,(H,15,16). The van der Waals surface area contributed by atoms with Gasteiger partial charge in [-0.05, 0) is 36.1 Å². The quantitative estimate of drug-likeness (QED) is 0.887. The van der Waals surface area contributed by atoms with Gasteiger partial charge in [0.2, 0.25) is 5.91 Å². The number of halogens is 1. The lowest BCUT2D eigenvalue weighted by Crippen LogP contribution is -2.14. The molecular weight excluding hydrogens is 237 g/mol. The lowest BCUT2D eigenvalue weighted by atomic mass is 10.2. The molecule has 0 saturated heterocycles. The fourth-order valence-corrected chi connectivity index (χ4v) is 2.19. The van der Waals surface area contributed by atoms with E-state index in [1.165, 1.54) is 17.4 Å². The number of aryl methyl sites for hydroxylation is 1. The Labute approximate surface area is 103 Å². The van der Waals surface area contributed by atoms with Crippen molar-refractivity contribution in [3.05, 3.63) is 52.0 Å². The average Bonchev–Trinajstić information content (AvgIpc) is 2.75. The highest BCUT2D eigenvalue weighted by atomic mass is 32.1. The van der Waals surface area contributed by atoms with Crippen LogP contribution < -0.4 is 5.32 Å². The van der Waals surface area contributed by atoms with Crippen LogP contribution in [0.4, 0.5) is 10.1 Å². The van der Waals surface area contributed by atoms with Gasteiger partial charge in [0.25, 0.3) is 0 Å². The zero-order valence-electron chi connectivity index (χ0n) is 9.37. The SMILES string of the molecule is Cc1ccc(NC(=O)Cc2cccs2)c(F)c1. The summed E-state index contributed by atoms with van der Waals surface area (Å²) in [7, 11) is 0. The summed E-state index contributed by atoms with van der Waals surface area (Å²) in [4.78, 5) is 12.6. The highest BCUT2D eigenvalue weighted by Crippen LogP contribution is 2.16. The summed E-state index contributed by atoms with van der Waals surface area (Å²) in [6.07, 6.45) is 0.283. The molecule has 1 aromatic carbocycles. The fraction of sp³-hybridized carbons (Fsp3) is 0.154. The monoisotopic (exact) mass is 249 g/mol. The molecule has 0 spiro atoms. The number of thiophene rings is 1. The van der Waals surface area contributed by atoms with Crippen LogP contribution in [0.15, 0.2) is 35.7 Å². The van der Waals surface area contributed by atoms with Gasteiger partial charge in [-0.25, -0.2) is 4.39 Å². The molecule has 0 radical (unpaired) electrons. The molecule has 1 heterocycles. The third kappa shape index (κ3) is 3.14. The minimum Gasteiger partial charge on any atom is -0.323 e. The fourth-order valence-electron chi connectivity index (χ4n) is 1.49. The van der Waals surface area contributed by atoms with Crippen molar-refractivity contribution in [1.82, 2.24) is 0 Å². The van der Waals surface area contributed by atoms with Crippen LogP contribution in [0.3, 0.4) is 0 Å². The van der Waals surface area contributed by atoms with Gasteiger partial charge < -0.3 is 5.32 Å². The van der Waals surface area contributed by atoms with Crippen LogP contribution in [0.25, 0.3) is 0 Å². The van der Waals surface area contributed by atoms with Gasteiger partial charge in [0, 0.05) is 4.88 Å². The minimum absolute atomic E-state index is 0.199. The molecule has 0 fully saturated rings. The van der Waals surface area contributed by atoms with Crippen molar-refractivity contribution in [2.75, 3.05) is 5.32 Å². The number of anilines is 1. The van der Waals surface area contributed by atoms with Gasteiger partial charge in [-0.1, -0.05) is 12.1 Å². The van der Waals surface area contributed by atoms with Crippen molar-refractivity contribution in [3.8, 4) is 0 Å². The molecule has 17 heavy (non-hydrogen) atoms. The van der Waals surface area contributed by atoms with E-state index in [0.29, 0.717) is 0 Å². The molecular formula is C13H12FNOS. The Morgan fingerprint density at radius 3 is 2.88 bits per heavy atom. The van der Waals surface area contributed by atoms with Gasteiger partial charge in [-0.15, -0.1) is 11.3 Å². The summed E-state index contributed by atoms with van der Waals surface area (Å²) >= 11 is 1.51. The first kappa shape index (κ1) is 11.8. The van der Waals surface area contributed by atoms with E-state index in [2.05, 4.69) is 5.32 Å². The van der Waals surface area contributed by atoms with Gasteiger partial charge in [0.05, 0.1) is 12.1 Å². The number of nitrogens with one attached hydrogen (secondary N) is 1. The van der Waals surface area contributed by atoms with E-state index < -0.39 is 5.82 Å². The van der Waals surface area contributed by atoms with Crippen LogP contribution in [0.1, 0.15) is 10.4 Å². The van der Waals surface area contributed by atoms with Gasteiger partial charge in [0.1, 0.15) is 5.82 Å². The van der Waals surface area contributed by atoms with Crippen molar-refractivity contribution < 1.29 is 9.18 Å². The van der Waals surface area contributed by atoms with Gasteiger partial charge >= 0.3 is 0 Å². The number of carbonyl (C=O) groups is 1. The predicted molar refractivity (Wildman–Crippen MR) is 67.8 cm³/mol. The van der Waals surface area contributed by atoms with Crippen LogP contribution in [-0.4, -0.2) is 5.91 Å². The number of rotatable bonds is 3. The number of hydrogen-bond acceptors (Lipinski definition) is 2. The Kier molecular flexibility index (Phi) is 3.54. The highest BCUT2D eigenvalue weighted by Gasteiger charge is 2.08. The van der Waals surface area contributed by atoms with E-state index >= 15 is 0 Å². The van der Waals surface area contributed by atoms with E-state index in [9.17, 15) is 9.18 Å². The maximum atomic E-state index is 13.5. The molecule has 1 aromatic heterocycles. The first-order valence-corrected chi connectivity index (χ1v) is 6.11. The van der Waals surface area contributed by atoms with E-state index in [1.54, 1.807) is 19.1 Å². The summed E-state index contributed by atoms with van der Waals surface area (Å²) in [5, 5.41) is 4.48. The summed E-state index contributed by atoms with van der Waals surface area (Å²) in [5.41, 5.74) is 1.07. The number of hydrogen-bond donors (Lipinski definition) is 1. The van der Waals surface area contributed by atoms with Crippen molar-refractivity contribution in [2.45, 2.75) is 13.3 Å². The third-order valence-corrected chi connectivity index (χ3v) is 3.19. The van der Waals surface area contributed by atoms with Crippen molar-refractivity contribution in [3.63, 3.8) is 0 Å². The van der Waals surface area contributed by atoms with E-state index in [1.807, 2.05) is 17.5 Å². The Hall–Kier alpha value is -1.68. The molecule has 2 aromatic rings. The first-order chi connectivity index (χ1) is 8.15. The van der Waals surface area contributed by atoms with Crippen LogP contribution in [0, 0.1) is 12.7 Å². The van der Waals surface area contributed by atoms with Crippen molar-refractivity contribution in [2.24, 2.45) is 0 Å². The van der Waals surface area contributed by atoms with Crippen LogP contribution in [-0.2, 0) is 11.2 Å². The largest absolute Gasteiger partial charge is 0.323 e. The molecule has 88 valence electrons. The smallest absolute Gasteiger partial charge is 0.229 e. The molecule has 2 rings (SSSR count). The van der Waals surface area contributed by atoms with E-state index in [4.69, 9.17) is 0 Å². The number of amides is 1. The molecule has 0 atom stereocenters. The van der Waals surface area contributed by atoms with Gasteiger partial charge in [-0.2, -0.15) is 0 Å². The second-order valence-corrected chi connectivity index (χ2v) is 4.82. The van der Waals surface area contributed by atoms with Crippen LogP contribution >= 0.6 is 11.3 Å². The maximum absolute atomic E-state index is 13.5.